The van der Waals surface area contributed by atoms with Crippen LogP contribution in [-0.4, -0.2) is 41.8 Å². The van der Waals surface area contributed by atoms with Gasteiger partial charge in [0.2, 0.25) is 5.91 Å². The summed E-state index contributed by atoms with van der Waals surface area (Å²) in [5.74, 6) is -0.241. The molecule has 0 spiro atoms. The van der Waals surface area contributed by atoms with Gasteiger partial charge in [-0.15, -0.1) is 0 Å². The maximum absolute atomic E-state index is 12.4. The topological polar surface area (TPSA) is 49.8 Å². The van der Waals surface area contributed by atoms with Crippen molar-refractivity contribution < 1.29 is 27.8 Å². The summed E-state index contributed by atoms with van der Waals surface area (Å²) < 4.78 is 42.4. The summed E-state index contributed by atoms with van der Waals surface area (Å²) in [7, 11) is 0. The molecule has 1 atom stereocenters. The molecule has 1 amide bonds. The monoisotopic (exact) mass is 289 g/mol. The van der Waals surface area contributed by atoms with Gasteiger partial charge in [0.15, 0.2) is 0 Å². The Kier molecular flexibility index (Phi) is 4.29. The SMILES string of the molecule is O=C1COC(CO)CN1Cc1ccc(C(F)(F)F)cc1. The molecule has 1 fully saturated rings. The Labute approximate surface area is 113 Å². The number of alkyl halides is 3. The molecular weight excluding hydrogens is 275 g/mol. The average molecular weight is 289 g/mol. The molecule has 1 heterocycles. The summed E-state index contributed by atoms with van der Waals surface area (Å²) in [6, 6.07) is 4.67. The van der Waals surface area contributed by atoms with Gasteiger partial charge in [-0.05, 0) is 17.7 Å². The number of amides is 1. The molecule has 7 heteroatoms. The van der Waals surface area contributed by atoms with Crippen LogP contribution in [0.3, 0.4) is 0 Å². The van der Waals surface area contributed by atoms with Gasteiger partial charge in [-0.25, -0.2) is 0 Å². The fourth-order valence-electron chi connectivity index (χ4n) is 1.96. The summed E-state index contributed by atoms with van der Waals surface area (Å²) in [6.07, 6.45) is -4.81. The summed E-state index contributed by atoms with van der Waals surface area (Å²) in [4.78, 5) is 13.1. The summed E-state index contributed by atoms with van der Waals surface area (Å²) in [6.45, 7) is 0.121. The summed E-state index contributed by atoms with van der Waals surface area (Å²) in [5, 5.41) is 9.00. The summed E-state index contributed by atoms with van der Waals surface area (Å²) >= 11 is 0. The van der Waals surface area contributed by atoms with Gasteiger partial charge in [-0.3, -0.25) is 4.79 Å². The van der Waals surface area contributed by atoms with Crippen molar-refractivity contribution in [2.75, 3.05) is 19.8 Å². The Balaban J connectivity index is 2.04. The van der Waals surface area contributed by atoms with E-state index in [0.717, 1.165) is 12.1 Å². The molecule has 110 valence electrons. The van der Waals surface area contributed by atoms with Crippen molar-refractivity contribution in [2.24, 2.45) is 0 Å². The number of benzene rings is 1. The Morgan fingerprint density at radius 2 is 1.95 bits per heavy atom. The first-order chi connectivity index (χ1) is 9.40. The molecule has 0 aliphatic carbocycles. The third kappa shape index (κ3) is 3.49. The second-order valence-electron chi connectivity index (χ2n) is 4.58. The van der Waals surface area contributed by atoms with E-state index in [4.69, 9.17) is 9.84 Å². The lowest BCUT2D eigenvalue weighted by Crippen LogP contribution is -2.47. The maximum Gasteiger partial charge on any atom is 0.416 e. The number of nitrogens with zero attached hydrogens (tertiary/aromatic N) is 1. The van der Waals surface area contributed by atoms with E-state index in [2.05, 4.69) is 0 Å². The third-order valence-electron chi connectivity index (χ3n) is 3.08. The third-order valence-corrected chi connectivity index (χ3v) is 3.08. The predicted molar refractivity (Wildman–Crippen MR) is 63.7 cm³/mol. The van der Waals surface area contributed by atoms with Crippen LogP contribution in [0.1, 0.15) is 11.1 Å². The van der Waals surface area contributed by atoms with E-state index in [0.29, 0.717) is 5.56 Å². The number of carbonyl (C=O) groups is 1. The minimum Gasteiger partial charge on any atom is -0.394 e. The number of rotatable bonds is 3. The molecule has 4 nitrogen and oxygen atoms in total. The van der Waals surface area contributed by atoms with Crippen molar-refractivity contribution in [3.63, 3.8) is 0 Å². The van der Waals surface area contributed by atoms with Gasteiger partial charge < -0.3 is 14.7 Å². The van der Waals surface area contributed by atoms with E-state index in [1.54, 1.807) is 0 Å². The number of halogens is 3. The number of morpholine rings is 1. The Bertz CT molecular complexity index is 473. The van der Waals surface area contributed by atoms with E-state index in [-0.39, 0.29) is 32.2 Å². The van der Waals surface area contributed by atoms with Crippen molar-refractivity contribution in [1.82, 2.24) is 4.90 Å². The zero-order valence-corrected chi connectivity index (χ0v) is 10.6. The zero-order valence-electron chi connectivity index (χ0n) is 10.6. The Morgan fingerprint density at radius 3 is 2.50 bits per heavy atom. The van der Waals surface area contributed by atoms with Gasteiger partial charge in [0.05, 0.1) is 18.3 Å². The normalized spacial score (nSPS) is 20.3. The first-order valence-electron chi connectivity index (χ1n) is 6.06. The van der Waals surface area contributed by atoms with Crippen molar-refractivity contribution in [3.05, 3.63) is 35.4 Å². The van der Waals surface area contributed by atoms with E-state index >= 15 is 0 Å². The molecule has 2 rings (SSSR count). The lowest BCUT2D eigenvalue weighted by atomic mass is 10.1. The van der Waals surface area contributed by atoms with Gasteiger partial charge in [-0.2, -0.15) is 13.2 Å². The standard InChI is InChI=1S/C13H14F3NO3/c14-13(15,16)10-3-1-9(2-4-10)5-17-6-11(7-18)20-8-12(17)19/h1-4,11,18H,5-8H2. The second kappa shape index (κ2) is 5.80. The van der Waals surface area contributed by atoms with Gasteiger partial charge >= 0.3 is 6.18 Å². The number of aliphatic hydroxyl groups is 1. The number of ether oxygens (including phenoxy) is 1. The molecule has 1 aromatic rings. The lowest BCUT2D eigenvalue weighted by molar-refractivity contribution is -0.152. The predicted octanol–water partition coefficient (Wildman–Crippen LogP) is 1.43. The number of carbonyl (C=O) groups excluding carboxylic acids is 1. The van der Waals surface area contributed by atoms with Crippen LogP contribution in [-0.2, 0) is 22.3 Å². The lowest BCUT2D eigenvalue weighted by Gasteiger charge is -2.32. The number of hydrogen-bond donors (Lipinski definition) is 1. The van der Waals surface area contributed by atoms with Crippen molar-refractivity contribution in [1.29, 1.82) is 0 Å². The highest BCUT2D eigenvalue weighted by atomic mass is 19.4. The van der Waals surface area contributed by atoms with Crippen LogP contribution in [0.15, 0.2) is 24.3 Å². The van der Waals surface area contributed by atoms with Gasteiger partial charge in [0.1, 0.15) is 6.61 Å². The molecule has 0 saturated carbocycles. The Hall–Kier alpha value is -1.60. The zero-order chi connectivity index (χ0) is 14.8. The van der Waals surface area contributed by atoms with Crippen LogP contribution in [0.4, 0.5) is 13.2 Å². The maximum atomic E-state index is 12.4. The van der Waals surface area contributed by atoms with E-state index in [1.807, 2.05) is 0 Å². The molecule has 1 N–H and O–H groups in total. The van der Waals surface area contributed by atoms with Crippen LogP contribution in [0.2, 0.25) is 0 Å². The van der Waals surface area contributed by atoms with Crippen molar-refractivity contribution in [2.45, 2.75) is 18.8 Å². The quantitative estimate of drug-likeness (QED) is 0.915. The highest BCUT2D eigenvalue weighted by Gasteiger charge is 2.30. The molecule has 20 heavy (non-hydrogen) atoms. The van der Waals surface area contributed by atoms with Gasteiger partial charge in [0, 0.05) is 13.1 Å². The van der Waals surface area contributed by atoms with Crippen LogP contribution in [0.25, 0.3) is 0 Å². The van der Waals surface area contributed by atoms with Crippen LogP contribution >= 0.6 is 0 Å². The fourth-order valence-corrected chi connectivity index (χ4v) is 1.96. The molecule has 1 unspecified atom stereocenters. The highest BCUT2D eigenvalue weighted by Crippen LogP contribution is 2.29. The molecule has 1 aromatic carbocycles. The van der Waals surface area contributed by atoms with E-state index in [9.17, 15) is 18.0 Å². The van der Waals surface area contributed by atoms with Crippen molar-refractivity contribution in [3.8, 4) is 0 Å². The van der Waals surface area contributed by atoms with Gasteiger partial charge in [-0.1, -0.05) is 12.1 Å². The smallest absolute Gasteiger partial charge is 0.394 e. The van der Waals surface area contributed by atoms with Gasteiger partial charge in [0.25, 0.3) is 0 Å². The summed E-state index contributed by atoms with van der Waals surface area (Å²) in [5.41, 5.74) is -0.118. The minimum absolute atomic E-state index is 0.119. The van der Waals surface area contributed by atoms with E-state index in [1.165, 1.54) is 17.0 Å². The van der Waals surface area contributed by atoms with Crippen LogP contribution < -0.4 is 0 Å². The fraction of sp³-hybridized carbons (Fsp3) is 0.462. The van der Waals surface area contributed by atoms with E-state index < -0.39 is 17.8 Å². The first-order valence-corrected chi connectivity index (χ1v) is 6.06. The van der Waals surface area contributed by atoms with Crippen LogP contribution in [0.5, 0.6) is 0 Å². The molecule has 1 aliphatic rings. The van der Waals surface area contributed by atoms with Crippen molar-refractivity contribution >= 4 is 5.91 Å². The van der Waals surface area contributed by atoms with Crippen LogP contribution in [0, 0.1) is 0 Å². The Morgan fingerprint density at radius 1 is 1.30 bits per heavy atom. The molecule has 1 aliphatic heterocycles. The first kappa shape index (κ1) is 14.8. The molecular formula is C13H14F3NO3. The number of aliphatic hydroxyl groups excluding tert-OH is 1. The second-order valence-corrected chi connectivity index (χ2v) is 4.58. The average Bonchev–Trinajstić information content (AvgIpc) is 2.41. The largest absolute Gasteiger partial charge is 0.416 e. The molecule has 0 radical (unpaired) electrons. The highest BCUT2D eigenvalue weighted by molar-refractivity contribution is 5.78. The minimum atomic E-state index is -4.37. The molecule has 0 aromatic heterocycles. The molecule has 1 saturated heterocycles. The number of hydrogen-bond acceptors (Lipinski definition) is 3. The molecule has 0 bridgehead atoms.